The Kier molecular flexibility index (Phi) is 2.73. The molecule has 1 aromatic rings. The number of hydrogen-bond acceptors (Lipinski definition) is 2. The third-order valence-electron chi connectivity index (χ3n) is 4.00. The van der Waals surface area contributed by atoms with Gasteiger partial charge in [0.25, 0.3) is 5.92 Å². The van der Waals surface area contributed by atoms with Crippen LogP contribution in [0.5, 0.6) is 0 Å². The number of nitrogens with one attached hydrogen (secondary N) is 1. The van der Waals surface area contributed by atoms with E-state index in [1.54, 1.807) is 0 Å². The van der Waals surface area contributed by atoms with Crippen LogP contribution in [0.1, 0.15) is 24.8 Å². The number of rotatable bonds is 3. The predicted octanol–water partition coefficient (Wildman–Crippen LogP) is 3.10. The summed E-state index contributed by atoms with van der Waals surface area (Å²) in [5, 5.41) is 2.62. The van der Waals surface area contributed by atoms with E-state index in [-0.39, 0.29) is 12.5 Å². The van der Waals surface area contributed by atoms with Gasteiger partial charge >= 0.3 is 6.09 Å². The van der Waals surface area contributed by atoms with Crippen LogP contribution in [0.4, 0.5) is 13.6 Å². The molecular formula is C14H15F2NO2. The molecule has 0 bridgehead atoms. The molecule has 1 amide bonds. The smallest absolute Gasteiger partial charge is 0.407 e. The van der Waals surface area contributed by atoms with Gasteiger partial charge in [0.2, 0.25) is 0 Å². The van der Waals surface area contributed by atoms with E-state index < -0.39 is 17.4 Å². The first-order valence-corrected chi connectivity index (χ1v) is 6.37. The molecule has 19 heavy (non-hydrogen) atoms. The third-order valence-corrected chi connectivity index (χ3v) is 4.00. The number of benzene rings is 1. The normalized spacial score (nSPS) is 30.5. The minimum atomic E-state index is -2.53. The minimum Gasteiger partial charge on any atom is -0.446 e. The van der Waals surface area contributed by atoms with E-state index in [0.29, 0.717) is 19.4 Å². The summed E-state index contributed by atoms with van der Waals surface area (Å²) in [4.78, 5) is 11.5. The average Bonchev–Trinajstić information content (AvgIpc) is 2.91. The van der Waals surface area contributed by atoms with E-state index >= 15 is 0 Å². The summed E-state index contributed by atoms with van der Waals surface area (Å²) in [6.45, 7) is 0.383. The zero-order chi connectivity index (χ0) is 13.5. The molecule has 5 heteroatoms. The maximum absolute atomic E-state index is 13.0. The zero-order valence-electron chi connectivity index (χ0n) is 10.4. The van der Waals surface area contributed by atoms with Crippen LogP contribution in [0.2, 0.25) is 0 Å². The van der Waals surface area contributed by atoms with Gasteiger partial charge in [0.05, 0.1) is 0 Å². The Bertz CT molecular complexity index is 483. The van der Waals surface area contributed by atoms with Gasteiger partial charge in [-0.3, -0.25) is 0 Å². The summed E-state index contributed by atoms with van der Waals surface area (Å²) >= 11 is 0. The number of carbonyl (C=O) groups is 1. The first kappa shape index (κ1) is 12.4. The molecule has 102 valence electrons. The molecule has 0 atom stereocenters. The van der Waals surface area contributed by atoms with Gasteiger partial charge in [-0.25, -0.2) is 13.6 Å². The Labute approximate surface area is 109 Å². The summed E-state index contributed by atoms with van der Waals surface area (Å²) in [5.41, 5.74) is 0.121. The molecule has 1 aromatic carbocycles. The van der Waals surface area contributed by atoms with E-state index in [1.807, 2.05) is 30.3 Å². The lowest BCUT2D eigenvalue weighted by Crippen LogP contribution is -2.40. The van der Waals surface area contributed by atoms with Crippen molar-refractivity contribution in [3.8, 4) is 0 Å². The fraction of sp³-hybridized carbons (Fsp3) is 0.500. The van der Waals surface area contributed by atoms with Crippen LogP contribution in [0.3, 0.4) is 0 Å². The molecule has 3 nitrogen and oxygen atoms in total. The maximum atomic E-state index is 13.0. The highest BCUT2D eigenvalue weighted by molar-refractivity contribution is 5.67. The third kappa shape index (κ3) is 2.29. The number of alkyl halides is 2. The van der Waals surface area contributed by atoms with Crippen molar-refractivity contribution >= 4 is 6.09 Å². The topological polar surface area (TPSA) is 38.3 Å². The molecule has 2 aliphatic rings. The molecule has 2 aliphatic carbocycles. The Balaban J connectivity index is 1.39. The van der Waals surface area contributed by atoms with Crippen molar-refractivity contribution in [1.29, 1.82) is 0 Å². The Morgan fingerprint density at radius 1 is 1.32 bits per heavy atom. The Morgan fingerprint density at radius 2 is 1.95 bits per heavy atom. The predicted molar refractivity (Wildman–Crippen MR) is 64.8 cm³/mol. The molecule has 2 saturated carbocycles. The highest BCUT2D eigenvalue weighted by Crippen LogP contribution is 2.71. The lowest BCUT2D eigenvalue weighted by atomic mass is 9.78. The van der Waals surface area contributed by atoms with Gasteiger partial charge in [-0.1, -0.05) is 30.3 Å². The Hall–Kier alpha value is -1.65. The standard InChI is InChI=1S/C14H15F2NO2/c15-14(16)9-13(14)6-11(7-13)19-12(18)17-8-10-4-2-1-3-5-10/h1-5,11H,6-9H2,(H,17,18). The highest BCUT2D eigenvalue weighted by Gasteiger charge is 2.76. The first-order valence-electron chi connectivity index (χ1n) is 6.37. The molecule has 0 heterocycles. The molecule has 0 aromatic heterocycles. The number of amides is 1. The van der Waals surface area contributed by atoms with Gasteiger partial charge in [-0.05, 0) is 18.4 Å². The number of ether oxygens (including phenoxy) is 1. The van der Waals surface area contributed by atoms with E-state index in [4.69, 9.17) is 4.74 Å². The van der Waals surface area contributed by atoms with Crippen molar-refractivity contribution in [3.63, 3.8) is 0 Å². The van der Waals surface area contributed by atoms with Crippen molar-refractivity contribution < 1.29 is 18.3 Å². The molecule has 0 saturated heterocycles. The fourth-order valence-electron chi connectivity index (χ4n) is 2.68. The lowest BCUT2D eigenvalue weighted by molar-refractivity contribution is -0.0511. The molecule has 1 spiro atoms. The molecule has 0 radical (unpaired) electrons. The summed E-state index contributed by atoms with van der Waals surface area (Å²) in [5.74, 6) is -2.53. The largest absolute Gasteiger partial charge is 0.446 e. The molecular weight excluding hydrogens is 252 g/mol. The first-order chi connectivity index (χ1) is 9.01. The van der Waals surface area contributed by atoms with Crippen molar-refractivity contribution in [3.05, 3.63) is 35.9 Å². The zero-order valence-corrected chi connectivity index (χ0v) is 10.4. The second kappa shape index (κ2) is 4.18. The van der Waals surface area contributed by atoms with E-state index in [9.17, 15) is 13.6 Å². The summed E-state index contributed by atoms with van der Waals surface area (Å²) in [7, 11) is 0. The summed E-state index contributed by atoms with van der Waals surface area (Å²) < 4.78 is 31.0. The number of hydrogen-bond donors (Lipinski definition) is 1. The van der Waals surface area contributed by atoms with E-state index in [0.717, 1.165) is 5.56 Å². The van der Waals surface area contributed by atoms with Crippen molar-refractivity contribution in [1.82, 2.24) is 5.32 Å². The van der Waals surface area contributed by atoms with Gasteiger partial charge in [-0.15, -0.1) is 0 Å². The molecule has 0 aliphatic heterocycles. The van der Waals surface area contributed by atoms with Gasteiger partial charge in [0, 0.05) is 18.4 Å². The van der Waals surface area contributed by atoms with Crippen LogP contribution in [-0.4, -0.2) is 18.1 Å². The quantitative estimate of drug-likeness (QED) is 0.913. The lowest BCUT2D eigenvalue weighted by Gasteiger charge is -2.34. The van der Waals surface area contributed by atoms with E-state index in [1.165, 1.54) is 0 Å². The second-order valence-corrected chi connectivity index (χ2v) is 5.44. The number of carbonyl (C=O) groups excluding carboxylic acids is 1. The van der Waals surface area contributed by atoms with Gasteiger partial charge in [0.15, 0.2) is 0 Å². The van der Waals surface area contributed by atoms with Crippen molar-refractivity contribution in [2.75, 3.05) is 0 Å². The van der Waals surface area contributed by atoms with Crippen LogP contribution in [0.25, 0.3) is 0 Å². The number of alkyl carbamates (subject to hydrolysis) is 1. The number of halogens is 2. The molecule has 3 rings (SSSR count). The highest BCUT2D eigenvalue weighted by atomic mass is 19.3. The molecule has 2 fully saturated rings. The van der Waals surface area contributed by atoms with Gasteiger partial charge in [-0.2, -0.15) is 0 Å². The van der Waals surface area contributed by atoms with Crippen LogP contribution >= 0.6 is 0 Å². The second-order valence-electron chi connectivity index (χ2n) is 5.44. The van der Waals surface area contributed by atoms with Crippen LogP contribution in [0, 0.1) is 5.41 Å². The monoisotopic (exact) mass is 267 g/mol. The van der Waals surface area contributed by atoms with Crippen LogP contribution in [0.15, 0.2) is 30.3 Å². The summed E-state index contributed by atoms with van der Waals surface area (Å²) in [6.07, 6.45) is -0.361. The van der Waals surface area contributed by atoms with E-state index in [2.05, 4.69) is 5.32 Å². The van der Waals surface area contributed by atoms with Gasteiger partial charge in [0.1, 0.15) is 6.10 Å². The SMILES string of the molecule is O=C(NCc1ccccc1)OC1CC2(C1)CC2(F)F. The van der Waals surface area contributed by atoms with Gasteiger partial charge < -0.3 is 10.1 Å². The molecule has 0 unspecified atom stereocenters. The maximum Gasteiger partial charge on any atom is 0.407 e. The fourth-order valence-corrected chi connectivity index (χ4v) is 2.68. The van der Waals surface area contributed by atoms with Crippen molar-refractivity contribution in [2.45, 2.75) is 37.8 Å². The minimum absolute atomic E-state index is 0.0501. The average molecular weight is 267 g/mol. The van der Waals surface area contributed by atoms with Crippen LogP contribution in [-0.2, 0) is 11.3 Å². The summed E-state index contributed by atoms with van der Waals surface area (Å²) in [6, 6.07) is 9.44. The van der Waals surface area contributed by atoms with Crippen LogP contribution < -0.4 is 5.32 Å². The van der Waals surface area contributed by atoms with Crippen molar-refractivity contribution in [2.24, 2.45) is 5.41 Å². The Morgan fingerprint density at radius 3 is 2.53 bits per heavy atom. The molecule has 1 N–H and O–H groups in total.